The molecule has 47 heavy (non-hydrogen) atoms. The highest BCUT2D eigenvalue weighted by Gasteiger charge is 2.49. The molecule has 2 heterocycles. The quantitative estimate of drug-likeness (QED) is 0.0798. The molecule has 17 heteroatoms. The molecule has 0 saturated carbocycles. The number of benzene rings is 2. The SMILES string of the molecule is CCN(CC)CCNc1cc[n+](OP(=O)(O[n+]2ccc(NCCN(CC)CC)c3ccc(Cl)cc32)OP(=O)(O)O)c2cc(Cl)ccc12. The number of hydrogen-bond donors (Lipinski definition) is 4. The first-order valence-electron chi connectivity index (χ1n) is 15.4. The van der Waals surface area contributed by atoms with E-state index < -0.39 is 15.6 Å². The van der Waals surface area contributed by atoms with Gasteiger partial charge < -0.3 is 30.2 Å². The van der Waals surface area contributed by atoms with Gasteiger partial charge in [0.15, 0.2) is 0 Å². The van der Waals surface area contributed by atoms with Crippen LogP contribution in [0.5, 0.6) is 0 Å². The number of likely N-dealkylation sites (N-methyl/N-ethyl adjacent to an activating group) is 2. The summed E-state index contributed by atoms with van der Waals surface area (Å²) in [6.07, 6.45) is 2.86. The van der Waals surface area contributed by atoms with Gasteiger partial charge in [0.2, 0.25) is 12.4 Å². The van der Waals surface area contributed by atoms with Crippen LogP contribution in [0.25, 0.3) is 21.8 Å². The van der Waals surface area contributed by atoms with Gasteiger partial charge in [-0.05, 0) is 50.4 Å². The predicted molar refractivity (Wildman–Crippen MR) is 185 cm³/mol. The number of rotatable bonds is 18. The summed E-state index contributed by atoms with van der Waals surface area (Å²) in [7, 11) is -10.5. The van der Waals surface area contributed by atoms with Crippen LogP contribution in [0.4, 0.5) is 11.4 Å². The number of aromatic nitrogens is 2. The van der Waals surface area contributed by atoms with Crippen LogP contribution >= 0.6 is 38.8 Å². The molecule has 0 aliphatic heterocycles. The number of hydrogen-bond acceptors (Lipinski definition) is 9. The Morgan fingerprint density at radius 3 is 1.47 bits per heavy atom. The molecule has 2 aromatic carbocycles. The lowest BCUT2D eigenvalue weighted by Crippen LogP contribution is -2.48. The van der Waals surface area contributed by atoms with Crippen LogP contribution in [0.2, 0.25) is 10.0 Å². The van der Waals surface area contributed by atoms with Crippen molar-refractivity contribution in [1.82, 2.24) is 9.80 Å². The summed E-state index contributed by atoms with van der Waals surface area (Å²) in [6.45, 7) is 15.0. The fourth-order valence-corrected chi connectivity index (χ4v) is 7.43. The van der Waals surface area contributed by atoms with Crippen molar-refractivity contribution in [2.45, 2.75) is 27.7 Å². The molecule has 0 atom stereocenters. The van der Waals surface area contributed by atoms with Gasteiger partial charge in [0, 0.05) is 70.0 Å². The molecule has 0 aliphatic carbocycles. The molecule has 0 bridgehead atoms. The van der Waals surface area contributed by atoms with Gasteiger partial charge in [-0.25, -0.2) is 4.57 Å². The fourth-order valence-electron chi connectivity index (χ4n) is 5.07. The minimum absolute atomic E-state index is 0.342. The van der Waals surface area contributed by atoms with Gasteiger partial charge in [0.05, 0.1) is 22.1 Å². The topological polar surface area (TPSA) is 141 Å². The molecule has 256 valence electrons. The minimum Gasteiger partial charge on any atom is -0.383 e. The lowest BCUT2D eigenvalue weighted by atomic mass is 10.2. The number of nitrogens with zero attached hydrogens (tertiary/aromatic N) is 4. The van der Waals surface area contributed by atoms with E-state index >= 15 is 0 Å². The molecule has 4 N–H and O–H groups in total. The molecule has 0 aliphatic rings. The zero-order valence-corrected chi connectivity index (χ0v) is 30.1. The molecular formula is C30H42Cl2N6O7P2+2. The van der Waals surface area contributed by atoms with Crippen molar-refractivity contribution in [3.8, 4) is 0 Å². The molecule has 0 radical (unpaired) electrons. The van der Waals surface area contributed by atoms with E-state index in [1.165, 1.54) is 12.4 Å². The van der Waals surface area contributed by atoms with E-state index in [1.807, 2.05) is 0 Å². The van der Waals surface area contributed by atoms with Crippen molar-refractivity contribution in [3.05, 3.63) is 71.0 Å². The highest BCUT2D eigenvalue weighted by atomic mass is 35.5. The highest BCUT2D eigenvalue weighted by Crippen LogP contribution is 2.56. The van der Waals surface area contributed by atoms with Gasteiger partial charge in [-0.15, -0.1) is 9.25 Å². The molecule has 0 saturated heterocycles. The Morgan fingerprint density at radius 1 is 0.702 bits per heavy atom. The predicted octanol–water partition coefficient (Wildman–Crippen LogP) is 5.16. The Morgan fingerprint density at radius 2 is 1.11 bits per heavy atom. The van der Waals surface area contributed by atoms with Crippen LogP contribution in [-0.4, -0.2) is 71.9 Å². The second-order valence-corrected chi connectivity index (χ2v) is 14.3. The van der Waals surface area contributed by atoms with Crippen molar-refractivity contribution in [3.63, 3.8) is 0 Å². The van der Waals surface area contributed by atoms with E-state index in [1.54, 1.807) is 48.5 Å². The third-order valence-corrected chi connectivity index (χ3v) is 10.5. The number of anilines is 2. The van der Waals surface area contributed by atoms with E-state index in [0.717, 1.165) is 60.1 Å². The number of nitrogens with one attached hydrogen (secondary N) is 2. The van der Waals surface area contributed by atoms with E-state index in [-0.39, 0.29) is 0 Å². The molecule has 0 unspecified atom stereocenters. The Balaban J connectivity index is 1.69. The van der Waals surface area contributed by atoms with E-state index in [4.69, 9.17) is 36.8 Å². The largest absolute Gasteiger partial charge is 0.702 e. The maximum absolute atomic E-state index is 14.1. The van der Waals surface area contributed by atoms with Gasteiger partial charge in [-0.2, -0.15) is 8.88 Å². The van der Waals surface area contributed by atoms with Crippen molar-refractivity contribution in [2.24, 2.45) is 0 Å². The molecule has 0 spiro atoms. The Hall–Kier alpha value is -2.70. The van der Waals surface area contributed by atoms with Gasteiger partial charge in [-0.1, -0.05) is 50.9 Å². The van der Waals surface area contributed by atoms with Crippen LogP contribution in [0.1, 0.15) is 27.7 Å². The lowest BCUT2D eigenvalue weighted by Gasteiger charge is -2.19. The standard InChI is InChI=1S/C30H40Cl2N6O7P2/c1-5-35(6-2)19-15-33-27-13-17-37(29-21-23(31)9-11-25(27)29)43-47(42,45-46(39,40)41)44-38-18-14-28(34-16-20-36(7-3)8-4)26-12-10-24(32)22-30(26)38/h9-14,17-18,21-22H,5-8,15-16,19-20H2,1-4H3,(H2,39,40,41)/p+2. The first-order valence-corrected chi connectivity index (χ1v) is 19.1. The number of halogens is 2. The van der Waals surface area contributed by atoms with Crippen LogP contribution in [0.15, 0.2) is 60.9 Å². The van der Waals surface area contributed by atoms with E-state index in [9.17, 15) is 18.9 Å². The van der Waals surface area contributed by atoms with Gasteiger partial charge >= 0.3 is 15.6 Å². The van der Waals surface area contributed by atoms with Crippen molar-refractivity contribution in [2.75, 3.05) is 63.0 Å². The molecule has 2 aromatic heterocycles. The van der Waals surface area contributed by atoms with Crippen molar-refractivity contribution in [1.29, 1.82) is 0 Å². The van der Waals surface area contributed by atoms with E-state index in [0.29, 0.717) is 44.9 Å². The zero-order valence-electron chi connectivity index (χ0n) is 26.8. The minimum atomic E-state index is -5.41. The maximum Gasteiger partial charge on any atom is 0.702 e. The van der Waals surface area contributed by atoms with Crippen LogP contribution < -0.4 is 29.3 Å². The summed E-state index contributed by atoms with van der Waals surface area (Å²) >= 11 is 12.6. The lowest BCUT2D eigenvalue weighted by molar-refractivity contribution is -0.868. The highest BCUT2D eigenvalue weighted by molar-refractivity contribution is 7.61. The fraction of sp³-hybridized carbons (Fsp3) is 0.400. The third kappa shape index (κ3) is 10.2. The summed E-state index contributed by atoms with van der Waals surface area (Å²) in [5, 5.41) is 8.78. The summed E-state index contributed by atoms with van der Waals surface area (Å²) in [4.78, 5) is 24.0. The molecular weight excluding hydrogens is 689 g/mol. The smallest absolute Gasteiger partial charge is 0.383 e. The molecule has 0 amide bonds. The summed E-state index contributed by atoms with van der Waals surface area (Å²) < 4.78 is 44.3. The first-order chi connectivity index (χ1) is 22.4. The average Bonchev–Trinajstić information content (AvgIpc) is 3.02. The Labute approximate surface area is 284 Å². The van der Waals surface area contributed by atoms with Crippen LogP contribution in [0, 0.1) is 0 Å². The second kappa shape index (κ2) is 16.6. The van der Waals surface area contributed by atoms with Crippen molar-refractivity contribution < 1.29 is 41.9 Å². The zero-order chi connectivity index (χ0) is 34.2. The Kier molecular flexibility index (Phi) is 13.1. The average molecular weight is 732 g/mol. The molecule has 0 fully saturated rings. The third-order valence-electron chi connectivity index (χ3n) is 7.59. The van der Waals surface area contributed by atoms with Crippen molar-refractivity contribution >= 4 is 72.0 Å². The Bertz CT molecular complexity index is 1660. The number of phosphoric acid groups is 2. The number of fused-ring (bicyclic) bond motifs is 2. The summed E-state index contributed by atoms with van der Waals surface area (Å²) in [5.74, 6) is 0. The van der Waals surface area contributed by atoms with Gasteiger partial charge in [-0.3, -0.25) is 0 Å². The summed E-state index contributed by atoms with van der Waals surface area (Å²) in [6, 6.07) is 13.4. The molecule has 4 rings (SSSR count). The van der Waals surface area contributed by atoms with Crippen LogP contribution in [-0.2, 0) is 13.4 Å². The molecule has 4 aromatic rings. The first kappa shape index (κ1) is 37.1. The van der Waals surface area contributed by atoms with E-state index in [2.05, 4.69) is 48.1 Å². The van der Waals surface area contributed by atoms with Gasteiger partial charge in [0.25, 0.3) is 11.0 Å². The van der Waals surface area contributed by atoms with Crippen LogP contribution in [0.3, 0.4) is 0 Å². The summed E-state index contributed by atoms with van der Waals surface area (Å²) in [5.41, 5.74) is 2.17. The monoisotopic (exact) mass is 730 g/mol. The second-order valence-electron chi connectivity index (χ2n) is 10.5. The number of pyridine rings is 2. The normalized spacial score (nSPS) is 12.3. The molecule has 13 nitrogen and oxygen atoms in total. The maximum atomic E-state index is 14.1. The van der Waals surface area contributed by atoms with Gasteiger partial charge in [0.1, 0.15) is 0 Å².